The van der Waals surface area contributed by atoms with E-state index in [1.807, 2.05) is 0 Å². The summed E-state index contributed by atoms with van der Waals surface area (Å²) >= 11 is 5.33. The number of piperidine rings is 1. The van der Waals surface area contributed by atoms with Gasteiger partial charge in [-0.15, -0.1) is 11.6 Å². The fraction of sp³-hybridized carbons (Fsp3) is 0.818. The predicted octanol–water partition coefficient (Wildman–Crippen LogP) is 2.62. The van der Waals surface area contributed by atoms with Crippen molar-refractivity contribution >= 4 is 23.3 Å². The Bertz CT molecular complexity index is 399. The second-order valence-corrected chi connectivity index (χ2v) is 5.00. The number of rotatable bonds is 3. The molecule has 0 aromatic rings. The van der Waals surface area contributed by atoms with Crippen molar-refractivity contribution in [3.8, 4) is 0 Å². The van der Waals surface area contributed by atoms with Crippen LogP contribution in [0.1, 0.15) is 19.8 Å². The van der Waals surface area contributed by atoms with Crippen LogP contribution in [-0.4, -0.2) is 47.2 Å². The minimum atomic E-state index is -5.99. The Morgan fingerprint density at radius 2 is 1.80 bits per heavy atom. The maximum atomic E-state index is 13.1. The summed E-state index contributed by atoms with van der Waals surface area (Å²) in [6.07, 6.45) is -5.28. The van der Waals surface area contributed by atoms with Crippen molar-refractivity contribution in [1.29, 1.82) is 0 Å². The summed E-state index contributed by atoms with van der Waals surface area (Å²) in [6.45, 7) is 1.20. The maximum absolute atomic E-state index is 13.1. The van der Waals surface area contributed by atoms with Gasteiger partial charge in [0.15, 0.2) is 5.78 Å². The van der Waals surface area contributed by atoms with Gasteiger partial charge >= 0.3 is 18.0 Å². The molecular formula is C11H13ClF5NO2. The number of carbonyl (C=O) groups is 2. The van der Waals surface area contributed by atoms with Crippen LogP contribution in [0, 0.1) is 5.92 Å². The molecule has 0 bridgehead atoms. The molecule has 0 saturated carbocycles. The molecule has 0 radical (unpaired) electrons. The van der Waals surface area contributed by atoms with Gasteiger partial charge in [-0.25, -0.2) is 0 Å². The molecule has 2 unspecified atom stereocenters. The van der Waals surface area contributed by atoms with Gasteiger partial charge in [0.25, 0.3) is 0 Å². The van der Waals surface area contributed by atoms with Gasteiger partial charge in [0.05, 0.1) is 11.9 Å². The Hall–Kier alpha value is -0.920. The summed E-state index contributed by atoms with van der Waals surface area (Å²) in [5.74, 6) is -9.68. The minimum Gasteiger partial charge on any atom is -0.327 e. The van der Waals surface area contributed by atoms with E-state index in [4.69, 9.17) is 11.6 Å². The first-order valence-electron chi connectivity index (χ1n) is 5.88. The number of hydrogen-bond acceptors (Lipinski definition) is 2. The molecule has 3 nitrogen and oxygen atoms in total. The second kappa shape index (κ2) is 5.83. The summed E-state index contributed by atoms with van der Waals surface area (Å²) in [6, 6.07) is -1.33. The normalized spacial score (nSPS) is 24.6. The highest BCUT2D eigenvalue weighted by molar-refractivity contribution is 6.28. The molecule has 0 N–H and O–H groups in total. The van der Waals surface area contributed by atoms with E-state index in [9.17, 15) is 31.5 Å². The topological polar surface area (TPSA) is 37.4 Å². The molecule has 2 atom stereocenters. The molecule has 1 heterocycles. The summed E-state index contributed by atoms with van der Waals surface area (Å²) in [5, 5.41) is 0. The second-order valence-electron chi connectivity index (χ2n) is 4.73. The van der Waals surface area contributed by atoms with Crippen LogP contribution in [0.4, 0.5) is 22.0 Å². The predicted molar refractivity (Wildman–Crippen MR) is 60.6 cm³/mol. The van der Waals surface area contributed by atoms with Gasteiger partial charge in [-0.05, 0) is 18.8 Å². The Labute approximate surface area is 117 Å². The van der Waals surface area contributed by atoms with Crippen molar-refractivity contribution < 1.29 is 31.5 Å². The number of ketones is 1. The highest BCUT2D eigenvalue weighted by atomic mass is 35.5. The van der Waals surface area contributed by atoms with Gasteiger partial charge in [0, 0.05) is 6.54 Å². The van der Waals surface area contributed by atoms with Gasteiger partial charge in [0.2, 0.25) is 0 Å². The van der Waals surface area contributed by atoms with E-state index in [0.29, 0.717) is 11.3 Å². The fourth-order valence-corrected chi connectivity index (χ4v) is 2.45. The van der Waals surface area contributed by atoms with Crippen molar-refractivity contribution in [3.05, 3.63) is 0 Å². The van der Waals surface area contributed by atoms with Crippen molar-refractivity contribution in [3.63, 3.8) is 0 Å². The molecule has 20 heavy (non-hydrogen) atoms. The van der Waals surface area contributed by atoms with E-state index in [1.165, 1.54) is 6.92 Å². The van der Waals surface area contributed by atoms with Crippen LogP contribution < -0.4 is 0 Å². The van der Waals surface area contributed by atoms with Crippen LogP contribution in [0.3, 0.4) is 0 Å². The number of likely N-dealkylation sites (tertiary alicyclic amines) is 1. The fourth-order valence-electron chi connectivity index (χ4n) is 2.29. The lowest BCUT2D eigenvalue weighted by atomic mass is 9.88. The van der Waals surface area contributed by atoms with Crippen LogP contribution in [0.5, 0.6) is 0 Å². The highest BCUT2D eigenvalue weighted by Crippen LogP contribution is 2.39. The van der Waals surface area contributed by atoms with E-state index < -0.39 is 41.6 Å². The number of amides is 1. The molecule has 1 rings (SSSR count). The zero-order valence-corrected chi connectivity index (χ0v) is 11.3. The Balaban J connectivity index is 3.08. The molecule has 0 aromatic carbocycles. The zero-order valence-electron chi connectivity index (χ0n) is 10.5. The zero-order chi connectivity index (χ0) is 15.7. The monoisotopic (exact) mass is 321 g/mol. The molecule has 116 valence electrons. The third kappa shape index (κ3) is 3.05. The van der Waals surface area contributed by atoms with Gasteiger partial charge in [-0.2, -0.15) is 22.0 Å². The maximum Gasteiger partial charge on any atom is 0.463 e. The van der Waals surface area contributed by atoms with Crippen molar-refractivity contribution in [2.75, 3.05) is 12.4 Å². The number of carbonyl (C=O) groups excluding carboxylic acids is 2. The molecule has 1 amide bonds. The Morgan fingerprint density at radius 3 is 2.25 bits per heavy atom. The summed E-state index contributed by atoms with van der Waals surface area (Å²) in [4.78, 5) is 23.4. The smallest absolute Gasteiger partial charge is 0.327 e. The molecule has 1 saturated heterocycles. The quantitative estimate of drug-likeness (QED) is 0.592. The summed E-state index contributed by atoms with van der Waals surface area (Å²) in [7, 11) is 0. The van der Waals surface area contributed by atoms with E-state index in [-0.39, 0.29) is 13.0 Å². The van der Waals surface area contributed by atoms with Crippen LogP contribution >= 0.6 is 11.6 Å². The molecule has 0 aliphatic carbocycles. The van der Waals surface area contributed by atoms with Gasteiger partial charge < -0.3 is 4.90 Å². The lowest BCUT2D eigenvalue weighted by molar-refractivity contribution is -0.275. The standard InChI is InChI=1S/C11H13ClF5NO2/c1-6-3-2-4-18(8(6)7(19)5-12)9(20)10(13,14)11(15,16)17/h6,8H,2-5H2,1H3. The number of nitrogens with zero attached hydrogens (tertiary/aromatic N) is 1. The molecule has 0 spiro atoms. The number of hydrogen-bond donors (Lipinski definition) is 0. The molecule has 1 aliphatic heterocycles. The SMILES string of the molecule is CC1CCCN(C(=O)C(F)(F)C(F)(F)F)C1C(=O)CCl. The largest absolute Gasteiger partial charge is 0.463 e. The first-order chi connectivity index (χ1) is 9.04. The molecule has 1 aliphatic rings. The van der Waals surface area contributed by atoms with E-state index in [1.54, 1.807) is 0 Å². The van der Waals surface area contributed by atoms with Gasteiger partial charge in [-0.1, -0.05) is 6.92 Å². The molecular weight excluding hydrogens is 309 g/mol. The third-order valence-corrected chi connectivity index (χ3v) is 3.54. The lowest BCUT2D eigenvalue weighted by Gasteiger charge is -2.40. The number of halogens is 6. The lowest BCUT2D eigenvalue weighted by Crippen LogP contribution is -2.60. The van der Waals surface area contributed by atoms with Crippen LogP contribution in [0.15, 0.2) is 0 Å². The van der Waals surface area contributed by atoms with Crippen molar-refractivity contribution in [2.24, 2.45) is 5.92 Å². The van der Waals surface area contributed by atoms with Crippen molar-refractivity contribution in [2.45, 2.75) is 37.9 Å². The minimum absolute atomic E-state index is 0.257. The van der Waals surface area contributed by atoms with Crippen LogP contribution in [-0.2, 0) is 9.59 Å². The summed E-state index contributed by atoms with van der Waals surface area (Å²) < 4.78 is 62.9. The van der Waals surface area contributed by atoms with E-state index >= 15 is 0 Å². The van der Waals surface area contributed by atoms with Crippen LogP contribution in [0.25, 0.3) is 0 Å². The van der Waals surface area contributed by atoms with Gasteiger partial charge in [-0.3, -0.25) is 9.59 Å². The number of Topliss-reactive ketones (excluding diaryl/α,β-unsaturated/α-hetero) is 1. The Kier molecular flexibility index (Phi) is 4.99. The average Bonchev–Trinajstić information content (AvgIpc) is 2.35. The first-order valence-corrected chi connectivity index (χ1v) is 6.41. The van der Waals surface area contributed by atoms with Crippen LogP contribution in [0.2, 0.25) is 0 Å². The number of alkyl halides is 6. The molecule has 0 aromatic heterocycles. The molecule has 9 heteroatoms. The average molecular weight is 322 g/mol. The van der Waals surface area contributed by atoms with Gasteiger partial charge in [0.1, 0.15) is 0 Å². The highest BCUT2D eigenvalue weighted by Gasteiger charge is 2.65. The van der Waals surface area contributed by atoms with E-state index in [0.717, 1.165) is 0 Å². The molecule has 1 fully saturated rings. The van der Waals surface area contributed by atoms with E-state index in [2.05, 4.69) is 0 Å². The summed E-state index contributed by atoms with van der Waals surface area (Å²) in [5.41, 5.74) is 0. The Morgan fingerprint density at radius 1 is 1.25 bits per heavy atom. The third-order valence-electron chi connectivity index (χ3n) is 3.28. The van der Waals surface area contributed by atoms with Crippen molar-refractivity contribution in [1.82, 2.24) is 4.90 Å². The first kappa shape index (κ1) is 17.1.